The molecule has 2 heterocycles. The number of rotatable bonds is 3. The summed E-state index contributed by atoms with van der Waals surface area (Å²) in [6.45, 7) is 4.74. The van der Waals surface area contributed by atoms with E-state index in [1.165, 1.54) is 24.9 Å². The van der Waals surface area contributed by atoms with Gasteiger partial charge in [-0.05, 0) is 61.6 Å². The number of amides is 1. The molecular weight excluding hydrogens is 310 g/mol. The fraction of sp³-hybridized carbons (Fsp3) is 0.381. The van der Waals surface area contributed by atoms with Gasteiger partial charge in [-0.2, -0.15) is 0 Å². The molecule has 1 amide bonds. The highest BCUT2D eigenvalue weighted by atomic mass is 16.2. The van der Waals surface area contributed by atoms with Crippen LogP contribution in [0.1, 0.15) is 53.7 Å². The van der Waals surface area contributed by atoms with Gasteiger partial charge in [-0.25, -0.2) is 0 Å². The van der Waals surface area contributed by atoms with Crippen LogP contribution in [0.25, 0.3) is 0 Å². The van der Waals surface area contributed by atoms with Crippen LogP contribution in [0.3, 0.4) is 0 Å². The predicted molar refractivity (Wildman–Crippen MR) is 102 cm³/mol. The van der Waals surface area contributed by atoms with Crippen LogP contribution in [0.4, 0.5) is 11.4 Å². The smallest absolute Gasteiger partial charge is 0.259 e. The van der Waals surface area contributed by atoms with E-state index in [4.69, 9.17) is 5.73 Å². The Morgan fingerprint density at radius 2 is 1.68 bits per heavy atom. The Morgan fingerprint density at radius 3 is 2.36 bits per heavy atom. The van der Waals surface area contributed by atoms with Crippen molar-refractivity contribution in [2.24, 2.45) is 5.73 Å². The molecule has 1 unspecified atom stereocenters. The highest BCUT2D eigenvalue weighted by molar-refractivity contribution is 6.12. The Bertz CT molecular complexity index is 778. The number of benzene rings is 2. The summed E-state index contributed by atoms with van der Waals surface area (Å²) >= 11 is 0. The second-order valence-corrected chi connectivity index (χ2v) is 7.00. The SMILES string of the molecule is CC1c2cccc(CN)c2C(=O)N1c1ccc(N2CCCCC2)cc1. The normalized spacial score (nSPS) is 20.1. The van der Waals surface area contributed by atoms with Gasteiger partial charge in [-0.3, -0.25) is 4.79 Å². The molecule has 2 aromatic carbocycles. The summed E-state index contributed by atoms with van der Waals surface area (Å²) in [6.07, 6.45) is 3.86. The zero-order chi connectivity index (χ0) is 17.4. The van der Waals surface area contributed by atoms with Crippen molar-refractivity contribution in [3.05, 3.63) is 59.2 Å². The Morgan fingerprint density at radius 1 is 1.00 bits per heavy atom. The molecule has 0 radical (unpaired) electrons. The van der Waals surface area contributed by atoms with E-state index in [9.17, 15) is 4.79 Å². The summed E-state index contributed by atoms with van der Waals surface area (Å²) < 4.78 is 0. The Kier molecular flexibility index (Phi) is 4.22. The van der Waals surface area contributed by atoms with Gasteiger partial charge >= 0.3 is 0 Å². The van der Waals surface area contributed by atoms with Crippen molar-refractivity contribution < 1.29 is 4.79 Å². The Hall–Kier alpha value is -2.33. The maximum Gasteiger partial charge on any atom is 0.259 e. The number of nitrogens with zero attached hydrogens (tertiary/aromatic N) is 2. The summed E-state index contributed by atoms with van der Waals surface area (Å²) in [5.74, 6) is 0.0641. The zero-order valence-electron chi connectivity index (χ0n) is 14.7. The minimum atomic E-state index is 0.0369. The molecule has 0 aliphatic carbocycles. The van der Waals surface area contributed by atoms with Gasteiger partial charge in [0.25, 0.3) is 5.91 Å². The van der Waals surface area contributed by atoms with Gasteiger partial charge in [-0.1, -0.05) is 18.2 Å². The molecule has 2 N–H and O–H groups in total. The first-order chi connectivity index (χ1) is 12.2. The van der Waals surface area contributed by atoms with Gasteiger partial charge in [0.2, 0.25) is 0 Å². The number of carbonyl (C=O) groups excluding carboxylic acids is 1. The van der Waals surface area contributed by atoms with Crippen LogP contribution >= 0.6 is 0 Å². The number of carbonyl (C=O) groups is 1. The molecule has 0 aromatic heterocycles. The first-order valence-corrected chi connectivity index (χ1v) is 9.21. The molecule has 2 aliphatic rings. The minimum Gasteiger partial charge on any atom is -0.372 e. The van der Waals surface area contributed by atoms with E-state index in [0.29, 0.717) is 6.54 Å². The number of hydrogen-bond acceptors (Lipinski definition) is 3. The maximum atomic E-state index is 13.0. The summed E-state index contributed by atoms with van der Waals surface area (Å²) in [6, 6.07) is 14.5. The van der Waals surface area contributed by atoms with E-state index in [1.807, 2.05) is 23.1 Å². The third-order valence-corrected chi connectivity index (χ3v) is 5.52. The first kappa shape index (κ1) is 16.2. The number of piperidine rings is 1. The topological polar surface area (TPSA) is 49.6 Å². The monoisotopic (exact) mass is 335 g/mol. The lowest BCUT2D eigenvalue weighted by molar-refractivity contribution is 0.0991. The lowest BCUT2D eigenvalue weighted by atomic mass is 10.0. The Balaban J connectivity index is 1.63. The van der Waals surface area contributed by atoms with Gasteiger partial charge < -0.3 is 15.5 Å². The number of anilines is 2. The quantitative estimate of drug-likeness (QED) is 0.927. The van der Waals surface area contributed by atoms with Crippen LogP contribution in [0.15, 0.2) is 42.5 Å². The molecule has 2 aromatic rings. The maximum absolute atomic E-state index is 13.0. The average Bonchev–Trinajstić information content (AvgIpc) is 2.93. The number of nitrogens with two attached hydrogens (primary N) is 1. The third-order valence-electron chi connectivity index (χ3n) is 5.52. The highest BCUT2D eigenvalue weighted by Crippen LogP contribution is 2.39. The lowest BCUT2D eigenvalue weighted by Gasteiger charge is -2.29. The van der Waals surface area contributed by atoms with E-state index >= 15 is 0 Å². The molecular formula is C21H25N3O. The predicted octanol–water partition coefficient (Wildman–Crippen LogP) is 3.86. The van der Waals surface area contributed by atoms with Crippen LogP contribution in [-0.4, -0.2) is 19.0 Å². The number of hydrogen-bond donors (Lipinski definition) is 1. The molecule has 1 fully saturated rings. The molecule has 0 saturated carbocycles. The molecule has 0 spiro atoms. The van der Waals surface area contributed by atoms with Crippen molar-refractivity contribution in [3.8, 4) is 0 Å². The van der Waals surface area contributed by atoms with Crippen molar-refractivity contribution in [3.63, 3.8) is 0 Å². The molecule has 4 rings (SSSR count). The molecule has 0 bridgehead atoms. The van der Waals surface area contributed by atoms with Crippen LogP contribution in [0, 0.1) is 0 Å². The zero-order valence-corrected chi connectivity index (χ0v) is 14.7. The molecule has 4 nitrogen and oxygen atoms in total. The van der Waals surface area contributed by atoms with E-state index in [2.05, 4.69) is 36.1 Å². The standard InChI is InChI=1S/C21H25N3O/c1-15-19-7-5-6-16(14-22)20(19)21(25)24(15)18-10-8-17(9-11-18)23-12-3-2-4-13-23/h5-11,15H,2-4,12-14,22H2,1H3. The van der Waals surface area contributed by atoms with Gasteiger partial charge in [-0.15, -0.1) is 0 Å². The molecule has 1 saturated heterocycles. The Labute approximate surface area is 149 Å². The van der Waals surface area contributed by atoms with E-state index in [0.717, 1.165) is 35.5 Å². The lowest BCUT2D eigenvalue weighted by Crippen LogP contribution is -2.29. The van der Waals surface area contributed by atoms with Crippen LogP contribution in [0.5, 0.6) is 0 Å². The highest BCUT2D eigenvalue weighted by Gasteiger charge is 2.36. The van der Waals surface area contributed by atoms with Crippen molar-refractivity contribution >= 4 is 17.3 Å². The fourth-order valence-electron chi connectivity index (χ4n) is 4.15. The van der Waals surface area contributed by atoms with Crippen molar-refractivity contribution in [2.45, 2.75) is 38.8 Å². The van der Waals surface area contributed by atoms with E-state index in [-0.39, 0.29) is 11.9 Å². The van der Waals surface area contributed by atoms with Crippen molar-refractivity contribution in [1.82, 2.24) is 0 Å². The van der Waals surface area contributed by atoms with E-state index in [1.54, 1.807) is 0 Å². The largest absolute Gasteiger partial charge is 0.372 e. The fourth-order valence-corrected chi connectivity index (χ4v) is 4.15. The number of fused-ring (bicyclic) bond motifs is 1. The van der Waals surface area contributed by atoms with Gasteiger partial charge in [0.1, 0.15) is 0 Å². The molecule has 130 valence electrons. The molecule has 4 heteroatoms. The summed E-state index contributed by atoms with van der Waals surface area (Å²) in [5, 5.41) is 0. The summed E-state index contributed by atoms with van der Waals surface area (Å²) in [4.78, 5) is 17.4. The van der Waals surface area contributed by atoms with Gasteiger partial charge in [0, 0.05) is 36.6 Å². The molecule has 2 aliphatic heterocycles. The van der Waals surface area contributed by atoms with Crippen LogP contribution in [0.2, 0.25) is 0 Å². The first-order valence-electron chi connectivity index (χ1n) is 9.21. The molecule has 1 atom stereocenters. The second kappa shape index (κ2) is 6.52. The van der Waals surface area contributed by atoms with Crippen LogP contribution in [-0.2, 0) is 6.54 Å². The van der Waals surface area contributed by atoms with Crippen LogP contribution < -0.4 is 15.5 Å². The van der Waals surface area contributed by atoms with Gasteiger partial charge in [0.05, 0.1) is 6.04 Å². The molecule has 25 heavy (non-hydrogen) atoms. The minimum absolute atomic E-state index is 0.0369. The second-order valence-electron chi connectivity index (χ2n) is 7.00. The average molecular weight is 335 g/mol. The van der Waals surface area contributed by atoms with E-state index < -0.39 is 0 Å². The van der Waals surface area contributed by atoms with Gasteiger partial charge in [0.15, 0.2) is 0 Å². The van der Waals surface area contributed by atoms with Crippen molar-refractivity contribution in [1.29, 1.82) is 0 Å². The van der Waals surface area contributed by atoms with Crippen molar-refractivity contribution in [2.75, 3.05) is 22.9 Å². The summed E-state index contributed by atoms with van der Waals surface area (Å²) in [7, 11) is 0. The summed E-state index contributed by atoms with van der Waals surface area (Å²) in [5.41, 5.74) is 10.8. The third kappa shape index (κ3) is 2.71.